The predicted octanol–water partition coefficient (Wildman–Crippen LogP) is 4.11. The van der Waals surface area contributed by atoms with Crippen molar-refractivity contribution in [2.24, 2.45) is 0 Å². The number of methoxy groups -OCH3 is 1. The molecule has 0 radical (unpaired) electrons. The monoisotopic (exact) mass is 498 g/mol. The molecule has 4 rings (SSSR count). The van der Waals surface area contributed by atoms with E-state index in [-0.39, 0.29) is 23.9 Å². The third kappa shape index (κ3) is 4.75. The molecule has 0 aliphatic rings. The highest BCUT2D eigenvalue weighted by atomic mass is 79.9. The molecule has 162 valence electrons. The fourth-order valence-electron chi connectivity index (χ4n) is 2.94. The average Bonchev–Trinajstić information content (AvgIpc) is 3.26. The quantitative estimate of drug-likeness (QED) is 0.429. The highest BCUT2D eigenvalue weighted by Gasteiger charge is 2.14. The van der Waals surface area contributed by atoms with E-state index in [0.717, 1.165) is 16.1 Å². The fraction of sp³-hybridized carbons (Fsp3) is 0.0909. The second-order valence-corrected chi connectivity index (χ2v) is 7.63. The number of amides is 1. The van der Waals surface area contributed by atoms with E-state index in [1.807, 2.05) is 24.3 Å². The molecule has 8 nitrogen and oxygen atoms in total. The number of pyridine rings is 1. The van der Waals surface area contributed by atoms with Crippen molar-refractivity contribution in [2.75, 3.05) is 12.4 Å². The first-order valence-electron chi connectivity index (χ1n) is 9.37. The van der Waals surface area contributed by atoms with Crippen LogP contribution in [0.25, 0.3) is 22.8 Å². The minimum atomic E-state index is -0.609. The number of hydrogen-bond acceptors (Lipinski definition) is 6. The van der Waals surface area contributed by atoms with Crippen LogP contribution in [0.5, 0.6) is 5.75 Å². The molecule has 0 aliphatic carbocycles. The van der Waals surface area contributed by atoms with Gasteiger partial charge in [0.05, 0.1) is 12.7 Å². The molecule has 0 aliphatic heterocycles. The molecule has 0 saturated carbocycles. The van der Waals surface area contributed by atoms with Gasteiger partial charge in [-0.3, -0.25) is 9.59 Å². The molecule has 2 heterocycles. The molecule has 2 aromatic carbocycles. The zero-order valence-corrected chi connectivity index (χ0v) is 18.3. The summed E-state index contributed by atoms with van der Waals surface area (Å²) < 4.78 is 26.1. The number of hydrogen-bond donors (Lipinski definition) is 1. The normalized spacial score (nSPS) is 10.7. The second kappa shape index (κ2) is 9.15. The van der Waals surface area contributed by atoms with E-state index in [2.05, 4.69) is 31.4 Å². The number of ether oxygens (including phenoxy) is 1. The summed E-state index contributed by atoms with van der Waals surface area (Å²) in [5.74, 6) is -0.454. The van der Waals surface area contributed by atoms with Crippen LogP contribution in [-0.4, -0.2) is 27.7 Å². The van der Waals surface area contributed by atoms with Crippen LogP contribution in [0.4, 0.5) is 10.1 Å². The van der Waals surface area contributed by atoms with Crippen molar-refractivity contribution < 1.29 is 18.4 Å². The van der Waals surface area contributed by atoms with Crippen LogP contribution in [0.2, 0.25) is 0 Å². The van der Waals surface area contributed by atoms with Crippen molar-refractivity contribution in [3.05, 3.63) is 81.4 Å². The van der Waals surface area contributed by atoms with Gasteiger partial charge in [0, 0.05) is 34.1 Å². The highest BCUT2D eigenvalue weighted by Crippen LogP contribution is 2.23. The van der Waals surface area contributed by atoms with Gasteiger partial charge in [0.15, 0.2) is 11.6 Å². The van der Waals surface area contributed by atoms with Crippen molar-refractivity contribution in [1.82, 2.24) is 14.7 Å². The van der Waals surface area contributed by atoms with Crippen LogP contribution in [0.3, 0.4) is 0 Å². The maximum atomic E-state index is 13.8. The molecule has 32 heavy (non-hydrogen) atoms. The van der Waals surface area contributed by atoms with Crippen LogP contribution in [-0.2, 0) is 11.3 Å². The largest absolute Gasteiger partial charge is 0.494 e. The molecule has 0 spiro atoms. The van der Waals surface area contributed by atoms with E-state index in [4.69, 9.17) is 9.26 Å². The van der Waals surface area contributed by atoms with Crippen molar-refractivity contribution in [3.8, 4) is 28.6 Å². The Kier molecular flexibility index (Phi) is 6.13. The Bertz CT molecular complexity index is 1330. The molecular weight excluding hydrogens is 483 g/mol. The van der Waals surface area contributed by atoms with Gasteiger partial charge >= 0.3 is 0 Å². The smallest absolute Gasteiger partial charge is 0.259 e. The van der Waals surface area contributed by atoms with Crippen molar-refractivity contribution in [3.63, 3.8) is 0 Å². The summed E-state index contributed by atoms with van der Waals surface area (Å²) in [6.07, 6.45) is 1.45. The van der Waals surface area contributed by atoms with E-state index in [0.29, 0.717) is 11.4 Å². The third-order valence-electron chi connectivity index (χ3n) is 4.51. The first-order chi connectivity index (χ1) is 15.4. The molecule has 0 atom stereocenters. The Morgan fingerprint density at radius 1 is 1.16 bits per heavy atom. The molecule has 0 unspecified atom stereocenters. The molecule has 0 bridgehead atoms. The molecule has 10 heteroatoms. The Balaban J connectivity index is 1.52. The Morgan fingerprint density at radius 2 is 1.91 bits per heavy atom. The number of halogens is 2. The number of anilines is 1. The van der Waals surface area contributed by atoms with Gasteiger partial charge in [-0.2, -0.15) is 4.98 Å². The van der Waals surface area contributed by atoms with Gasteiger partial charge < -0.3 is 19.1 Å². The number of aromatic nitrogens is 3. The summed E-state index contributed by atoms with van der Waals surface area (Å²) in [4.78, 5) is 29.0. The maximum Gasteiger partial charge on any atom is 0.259 e. The summed E-state index contributed by atoms with van der Waals surface area (Å²) in [5.41, 5.74) is 1.09. The Labute approximate surface area is 189 Å². The van der Waals surface area contributed by atoms with E-state index in [9.17, 15) is 14.0 Å². The van der Waals surface area contributed by atoms with Gasteiger partial charge in [-0.1, -0.05) is 21.1 Å². The first-order valence-corrected chi connectivity index (χ1v) is 10.2. The molecule has 2 aromatic heterocycles. The van der Waals surface area contributed by atoms with Crippen LogP contribution in [0.1, 0.15) is 0 Å². The standard InChI is InChI=1S/C22H16BrFN4O4/c1-31-18-8-7-16(10-17(18)24)25-19(29)12-28-11-14(4-9-20(28)30)22-26-21(27-32-22)13-2-5-15(23)6-3-13/h2-11H,12H2,1H3,(H,25,29). The minimum Gasteiger partial charge on any atom is -0.494 e. The zero-order valence-electron chi connectivity index (χ0n) is 16.7. The maximum absolute atomic E-state index is 13.8. The van der Waals surface area contributed by atoms with Gasteiger partial charge in [0.2, 0.25) is 11.7 Å². The molecule has 1 N–H and O–H groups in total. The van der Waals surface area contributed by atoms with Gasteiger partial charge in [0.1, 0.15) is 6.54 Å². The summed E-state index contributed by atoms with van der Waals surface area (Å²) in [7, 11) is 1.35. The first kappa shape index (κ1) is 21.4. The summed E-state index contributed by atoms with van der Waals surface area (Å²) in [6, 6.07) is 14.3. The Hall–Kier alpha value is -3.79. The van der Waals surface area contributed by atoms with Gasteiger partial charge in [-0.15, -0.1) is 0 Å². The second-order valence-electron chi connectivity index (χ2n) is 6.71. The summed E-state index contributed by atoms with van der Waals surface area (Å²) >= 11 is 3.37. The lowest BCUT2D eigenvalue weighted by atomic mass is 10.2. The lowest BCUT2D eigenvalue weighted by Gasteiger charge is -2.09. The van der Waals surface area contributed by atoms with Gasteiger partial charge in [-0.05, 0) is 42.5 Å². The molecule has 1 amide bonds. The van der Waals surface area contributed by atoms with E-state index < -0.39 is 17.3 Å². The van der Waals surface area contributed by atoms with Crippen LogP contribution in [0.15, 0.2) is 74.6 Å². The number of carbonyl (C=O) groups excluding carboxylic acids is 1. The third-order valence-corrected chi connectivity index (χ3v) is 5.04. The van der Waals surface area contributed by atoms with E-state index in [1.165, 1.54) is 42.1 Å². The molecule has 0 fully saturated rings. The van der Waals surface area contributed by atoms with Gasteiger partial charge in [-0.25, -0.2) is 4.39 Å². The van der Waals surface area contributed by atoms with Gasteiger partial charge in [0.25, 0.3) is 11.4 Å². The van der Waals surface area contributed by atoms with Crippen LogP contribution >= 0.6 is 15.9 Å². The topological polar surface area (TPSA) is 99.2 Å². The molecule has 0 saturated heterocycles. The minimum absolute atomic E-state index is 0.0639. The lowest BCUT2D eigenvalue weighted by molar-refractivity contribution is -0.116. The number of carbonyl (C=O) groups is 1. The zero-order chi connectivity index (χ0) is 22.7. The van der Waals surface area contributed by atoms with Crippen molar-refractivity contribution >= 4 is 27.5 Å². The van der Waals surface area contributed by atoms with E-state index in [1.54, 1.807) is 0 Å². The number of nitrogens with one attached hydrogen (secondary N) is 1. The molecule has 4 aromatic rings. The summed E-state index contributed by atoms with van der Waals surface area (Å²) in [6.45, 7) is -0.284. The van der Waals surface area contributed by atoms with Crippen molar-refractivity contribution in [1.29, 1.82) is 0 Å². The van der Waals surface area contributed by atoms with Crippen molar-refractivity contribution in [2.45, 2.75) is 6.54 Å². The number of benzene rings is 2. The predicted molar refractivity (Wildman–Crippen MR) is 119 cm³/mol. The Morgan fingerprint density at radius 3 is 2.62 bits per heavy atom. The van der Waals surface area contributed by atoms with E-state index >= 15 is 0 Å². The highest BCUT2D eigenvalue weighted by molar-refractivity contribution is 9.10. The van der Waals surface area contributed by atoms with Crippen LogP contribution in [0, 0.1) is 5.82 Å². The lowest BCUT2D eigenvalue weighted by Crippen LogP contribution is -2.26. The average molecular weight is 499 g/mol. The fourth-order valence-corrected chi connectivity index (χ4v) is 3.20. The van der Waals surface area contributed by atoms with Crippen LogP contribution < -0.4 is 15.6 Å². The summed E-state index contributed by atoms with van der Waals surface area (Å²) in [5, 5.41) is 6.52. The number of nitrogens with zero attached hydrogens (tertiary/aromatic N) is 3. The SMILES string of the molecule is COc1ccc(NC(=O)Cn2cc(-c3nc(-c4ccc(Br)cc4)no3)ccc2=O)cc1F. The molecular formula is C22H16BrFN4O4. The number of rotatable bonds is 6.